The Balaban J connectivity index is 1.61. The number of nitro benzene ring substituents is 1. The van der Waals surface area contributed by atoms with Crippen molar-refractivity contribution >= 4 is 11.4 Å². The summed E-state index contributed by atoms with van der Waals surface area (Å²) in [5.41, 5.74) is 2.32. The Hall–Kier alpha value is -2.60. The lowest BCUT2D eigenvalue weighted by molar-refractivity contribution is -0.914. The van der Waals surface area contributed by atoms with Gasteiger partial charge in [-0.2, -0.15) is 0 Å². The summed E-state index contributed by atoms with van der Waals surface area (Å²) in [6.07, 6.45) is 0. The fraction of sp³-hybridized carbons (Fsp3) is 0.333. The van der Waals surface area contributed by atoms with Crippen LogP contribution < -0.4 is 14.5 Å². The number of quaternary nitrogens is 1. The predicted molar refractivity (Wildman–Crippen MR) is 92.7 cm³/mol. The van der Waals surface area contributed by atoms with Crippen LogP contribution in [0.5, 0.6) is 5.75 Å². The molecule has 3 rings (SSSR count). The second-order valence-electron chi connectivity index (χ2n) is 6.01. The maximum atomic E-state index is 10.9. The van der Waals surface area contributed by atoms with Crippen LogP contribution in [0.2, 0.25) is 0 Å². The van der Waals surface area contributed by atoms with Crippen molar-refractivity contribution in [2.45, 2.75) is 6.54 Å². The van der Waals surface area contributed by atoms with Gasteiger partial charge in [0, 0.05) is 17.7 Å². The molecule has 0 saturated carbocycles. The monoisotopic (exact) mass is 328 g/mol. The summed E-state index contributed by atoms with van der Waals surface area (Å²) in [5.74, 6) is 0.902. The minimum atomic E-state index is -0.335. The van der Waals surface area contributed by atoms with E-state index in [1.807, 2.05) is 24.3 Å². The number of piperazine rings is 1. The molecule has 1 N–H and O–H groups in total. The molecule has 1 aliphatic rings. The Morgan fingerprint density at radius 1 is 1.17 bits per heavy atom. The quantitative estimate of drug-likeness (QED) is 0.668. The minimum absolute atomic E-state index is 0.166. The molecule has 6 nitrogen and oxygen atoms in total. The third-order valence-electron chi connectivity index (χ3n) is 4.47. The fourth-order valence-corrected chi connectivity index (χ4v) is 3.20. The van der Waals surface area contributed by atoms with Crippen LogP contribution in [0.1, 0.15) is 5.56 Å². The van der Waals surface area contributed by atoms with Crippen LogP contribution in [0.25, 0.3) is 0 Å². The van der Waals surface area contributed by atoms with E-state index in [0.717, 1.165) is 49.7 Å². The maximum absolute atomic E-state index is 10.9. The first-order valence-electron chi connectivity index (χ1n) is 8.12. The van der Waals surface area contributed by atoms with Gasteiger partial charge in [-0.05, 0) is 12.1 Å². The van der Waals surface area contributed by atoms with Gasteiger partial charge in [0.25, 0.3) is 5.69 Å². The SMILES string of the molecule is COc1ccccc1N1CC[NH+](Cc2cccc([N+](=O)[O-])c2)CC1. The Morgan fingerprint density at radius 3 is 2.62 bits per heavy atom. The summed E-state index contributed by atoms with van der Waals surface area (Å²) in [6.45, 7) is 4.72. The topological polar surface area (TPSA) is 60.0 Å². The molecule has 1 saturated heterocycles. The molecule has 1 heterocycles. The fourth-order valence-electron chi connectivity index (χ4n) is 3.20. The number of nitro groups is 1. The molecular formula is C18H22N3O3+. The zero-order chi connectivity index (χ0) is 16.9. The largest absolute Gasteiger partial charge is 0.495 e. The van der Waals surface area contributed by atoms with Crippen LogP contribution in [0.3, 0.4) is 0 Å². The summed E-state index contributed by atoms with van der Waals surface area (Å²) in [4.78, 5) is 14.3. The predicted octanol–water partition coefficient (Wildman–Crippen LogP) is 1.51. The Morgan fingerprint density at radius 2 is 1.92 bits per heavy atom. The number of hydrogen-bond donors (Lipinski definition) is 1. The summed E-state index contributed by atoms with van der Waals surface area (Å²) >= 11 is 0. The molecule has 0 aromatic heterocycles. The number of nitrogens with one attached hydrogen (secondary N) is 1. The average Bonchev–Trinajstić information content (AvgIpc) is 2.62. The van der Waals surface area contributed by atoms with Crippen molar-refractivity contribution in [2.24, 2.45) is 0 Å². The molecule has 2 aromatic carbocycles. The number of rotatable bonds is 5. The molecule has 24 heavy (non-hydrogen) atoms. The molecule has 0 spiro atoms. The van der Waals surface area contributed by atoms with Gasteiger partial charge in [0.15, 0.2) is 0 Å². The third-order valence-corrected chi connectivity index (χ3v) is 4.47. The van der Waals surface area contributed by atoms with Crippen molar-refractivity contribution in [1.29, 1.82) is 0 Å². The highest BCUT2D eigenvalue weighted by Gasteiger charge is 2.22. The molecule has 126 valence electrons. The highest BCUT2D eigenvalue weighted by molar-refractivity contribution is 5.58. The third kappa shape index (κ3) is 3.65. The van der Waals surface area contributed by atoms with E-state index in [-0.39, 0.29) is 10.6 Å². The van der Waals surface area contributed by atoms with E-state index in [1.165, 1.54) is 4.90 Å². The number of benzene rings is 2. The molecule has 0 bridgehead atoms. The van der Waals surface area contributed by atoms with Crippen molar-refractivity contribution < 1.29 is 14.6 Å². The first-order valence-corrected chi connectivity index (χ1v) is 8.12. The van der Waals surface area contributed by atoms with Crippen LogP contribution in [0.4, 0.5) is 11.4 Å². The smallest absolute Gasteiger partial charge is 0.269 e. The summed E-state index contributed by atoms with van der Waals surface area (Å²) in [7, 11) is 1.70. The second-order valence-corrected chi connectivity index (χ2v) is 6.01. The number of para-hydroxylation sites is 2. The molecular weight excluding hydrogens is 306 g/mol. The molecule has 2 aromatic rings. The number of non-ortho nitro benzene ring substituents is 1. The average molecular weight is 328 g/mol. The molecule has 1 aliphatic heterocycles. The van der Waals surface area contributed by atoms with Gasteiger partial charge in [0.2, 0.25) is 0 Å². The molecule has 0 aliphatic carbocycles. The van der Waals surface area contributed by atoms with Crippen LogP contribution in [-0.2, 0) is 6.54 Å². The van der Waals surface area contributed by atoms with E-state index in [0.29, 0.717) is 0 Å². The number of ether oxygens (including phenoxy) is 1. The lowest BCUT2D eigenvalue weighted by Gasteiger charge is -2.34. The lowest BCUT2D eigenvalue weighted by atomic mass is 10.1. The molecule has 1 fully saturated rings. The highest BCUT2D eigenvalue weighted by atomic mass is 16.6. The van der Waals surface area contributed by atoms with Crippen LogP contribution in [0, 0.1) is 10.1 Å². The molecule has 0 unspecified atom stereocenters. The van der Waals surface area contributed by atoms with Gasteiger partial charge in [-0.1, -0.05) is 24.3 Å². The number of anilines is 1. The van der Waals surface area contributed by atoms with Gasteiger partial charge in [0.1, 0.15) is 12.3 Å². The second kappa shape index (κ2) is 7.31. The van der Waals surface area contributed by atoms with Crippen molar-refractivity contribution in [1.82, 2.24) is 0 Å². The molecule has 0 amide bonds. The number of methoxy groups -OCH3 is 1. The first kappa shape index (κ1) is 16.3. The van der Waals surface area contributed by atoms with Crippen molar-refractivity contribution in [3.8, 4) is 5.75 Å². The lowest BCUT2D eigenvalue weighted by Crippen LogP contribution is -3.13. The van der Waals surface area contributed by atoms with E-state index >= 15 is 0 Å². The van der Waals surface area contributed by atoms with Crippen LogP contribution >= 0.6 is 0 Å². The Labute approximate surface area is 141 Å². The maximum Gasteiger partial charge on any atom is 0.269 e. The van der Waals surface area contributed by atoms with Gasteiger partial charge in [-0.25, -0.2) is 0 Å². The normalized spacial score (nSPS) is 15.3. The van der Waals surface area contributed by atoms with Gasteiger partial charge >= 0.3 is 0 Å². The van der Waals surface area contributed by atoms with E-state index in [9.17, 15) is 10.1 Å². The van der Waals surface area contributed by atoms with Gasteiger partial charge in [0.05, 0.1) is 43.9 Å². The van der Waals surface area contributed by atoms with Gasteiger partial charge < -0.3 is 14.5 Å². The Bertz CT molecular complexity index is 712. The van der Waals surface area contributed by atoms with Crippen LogP contribution in [0.15, 0.2) is 48.5 Å². The molecule has 0 radical (unpaired) electrons. The number of nitrogens with zero attached hydrogens (tertiary/aromatic N) is 2. The zero-order valence-corrected chi connectivity index (χ0v) is 13.8. The molecule has 0 atom stereocenters. The van der Waals surface area contributed by atoms with Crippen LogP contribution in [-0.4, -0.2) is 38.2 Å². The van der Waals surface area contributed by atoms with Gasteiger partial charge in [-0.15, -0.1) is 0 Å². The Kier molecular flexibility index (Phi) is 4.96. The van der Waals surface area contributed by atoms with E-state index < -0.39 is 0 Å². The van der Waals surface area contributed by atoms with Gasteiger partial charge in [-0.3, -0.25) is 10.1 Å². The van der Waals surface area contributed by atoms with Crippen molar-refractivity contribution in [3.05, 3.63) is 64.2 Å². The van der Waals surface area contributed by atoms with E-state index in [2.05, 4.69) is 11.0 Å². The standard InChI is InChI=1S/C18H21N3O3/c1-24-18-8-3-2-7-17(18)20-11-9-19(10-12-20)14-15-5-4-6-16(13-15)21(22)23/h2-8,13H,9-12,14H2,1H3/p+1. The summed E-state index contributed by atoms with van der Waals surface area (Å²) in [5, 5.41) is 10.9. The zero-order valence-electron chi connectivity index (χ0n) is 13.8. The number of hydrogen-bond acceptors (Lipinski definition) is 4. The minimum Gasteiger partial charge on any atom is -0.495 e. The molecule has 6 heteroatoms. The van der Waals surface area contributed by atoms with Crippen molar-refractivity contribution in [2.75, 3.05) is 38.2 Å². The van der Waals surface area contributed by atoms with Crippen molar-refractivity contribution in [3.63, 3.8) is 0 Å². The highest BCUT2D eigenvalue weighted by Crippen LogP contribution is 2.27. The van der Waals surface area contributed by atoms with E-state index in [1.54, 1.807) is 25.3 Å². The summed E-state index contributed by atoms with van der Waals surface area (Å²) in [6, 6.07) is 15.0. The van der Waals surface area contributed by atoms with E-state index in [4.69, 9.17) is 4.74 Å². The first-order chi connectivity index (χ1) is 11.7. The summed E-state index contributed by atoms with van der Waals surface area (Å²) < 4.78 is 5.44.